The van der Waals surface area contributed by atoms with Crippen LogP contribution in [0.3, 0.4) is 0 Å². The van der Waals surface area contributed by atoms with Crippen molar-refractivity contribution in [3.8, 4) is 0 Å². The fourth-order valence-corrected chi connectivity index (χ4v) is 4.80. The molecule has 0 aliphatic heterocycles. The number of benzene rings is 2. The molecule has 0 fully saturated rings. The first kappa shape index (κ1) is 21.6. The number of hydrogen-bond donors (Lipinski definition) is 1. The Bertz CT molecular complexity index is 1120. The molecule has 0 aliphatic rings. The number of hydrogen-bond acceptors (Lipinski definition) is 4. The maximum Gasteiger partial charge on any atom is 0.261 e. The number of amides is 1. The molecule has 0 radical (unpaired) electrons. The second-order valence-electron chi connectivity index (χ2n) is 7.01. The van der Waals surface area contributed by atoms with E-state index in [9.17, 15) is 13.2 Å². The summed E-state index contributed by atoms with van der Waals surface area (Å²) in [6.07, 6.45) is 2.04. The first-order valence-electron chi connectivity index (χ1n) is 9.24. The number of anilines is 1. The van der Waals surface area contributed by atoms with Gasteiger partial charge in [0.15, 0.2) is 0 Å². The smallest absolute Gasteiger partial charge is 0.261 e. The van der Waals surface area contributed by atoms with Gasteiger partial charge in [-0.05, 0) is 60.7 Å². The Morgan fingerprint density at radius 1 is 1.17 bits per heavy atom. The van der Waals surface area contributed by atoms with Gasteiger partial charge in [0.25, 0.3) is 5.91 Å². The highest BCUT2D eigenvalue weighted by Crippen LogP contribution is 2.31. The van der Waals surface area contributed by atoms with Crippen LogP contribution in [-0.2, 0) is 16.6 Å². The Balaban J connectivity index is 1.93. The number of nitrogens with zero attached hydrogens (tertiary/aromatic N) is 1. The van der Waals surface area contributed by atoms with Crippen molar-refractivity contribution in [3.63, 3.8) is 0 Å². The van der Waals surface area contributed by atoms with Gasteiger partial charge in [-0.25, -0.2) is 8.42 Å². The van der Waals surface area contributed by atoms with Gasteiger partial charge in [-0.2, -0.15) is 0 Å². The molecule has 5 nitrogen and oxygen atoms in total. The van der Waals surface area contributed by atoms with E-state index in [1.165, 1.54) is 21.9 Å². The number of nitrogens with one attached hydrogen (secondary N) is 1. The summed E-state index contributed by atoms with van der Waals surface area (Å²) in [6, 6.07) is 14.4. The standard InChI is InChI=1S/C21H23ClN2O3S2/c1-4-14(2)23-21(25)20-12-16-11-18(9-10-19(16)28-20)24(29(3,26)27)13-15-5-7-17(22)8-6-15/h5-12,14H,4,13H2,1-3H3,(H,23,25). The molecule has 0 saturated carbocycles. The third-order valence-corrected chi connectivity index (χ3v) is 7.15. The first-order valence-corrected chi connectivity index (χ1v) is 12.3. The lowest BCUT2D eigenvalue weighted by Gasteiger charge is -2.22. The lowest BCUT2D eigenvalue weighted by atomic mass is 10.2. The van der Waals surface area contributed by atoms with E-state index >= 15 is 0 Å². The fraction of sp³-hybridized carbons (Fsp3) is 0.286. The van der Waals surface area contributed by atoms with E-state index in [1.807, 2.05) is 32.0 Å². The summed E-state index contributed by atoms with van der Waals surface area (Å²) < 4.78 is 27.2. The van der Waals surface area contributed by atoms with Crippen molar-refractivity contribution in [1.82, 2.24) is 5.32 Å². The molecule has 0 bridgehead atoms. The van der Waals surface area contributed by atoms with E-state index < -0.39 is 10.0 Å². The molecular weight excluding hydrogens is 428 g/mol. The van der Waals surface area contributed by atoms with Gasteiger partial charge in [-0.15, -0.1) is 11.3 Å². The molecule has 0 saturated heterocycles. The zero-order valence-electron chi connectivity index (χ0n) is 16.5. The van der Waals surface area contributed by atoms with Crippen molar-refractivity contribution in [1.29, 1.82) is 0 Å². The van der Waals surface area contributed by atoms with Crippen LogP contribution < -0.4 is 9.62 Å². The summed E-state index contributed by atoms with van der Waals surface area (Å²) in [4.78, 5) is 13.0. The average Bonchev–Trinajstić information content (AvgIpc) is 3.10. The number of halogens is 1. The topological polar surface area (TPSA) is 66.5 Å². The molecular formula is C21H23ClN2O3S2. The molecule has 8 heteroatoms. The molecule has 1 atom stereocenters. The molecule has 1 heterocycles. The van der Waals surface area contributed by atoms with Crippen LogP contribution in [0.25, 0.3) is 10.1 Å². The van der Waals surface area contributed by atoms with Crippen LogP contribution in [-0.4, -0.2) is 26.6 Å². The van der Waals surface area contributed by atoms with Crippen molar-refractivity contribution in [2.24, 2.45) is 0 Å². The minimum absolute atomic E-state index is 0.100. The number of rotatable bonds is 7. The van der Waals surface area contributed by atoms with E-state index in [1.54, 1.807) is 30.3 Å². The van der Waals surface area contributed by atoms with E-state index in [2.05, 4.69) is 5.32 Å². The summed E-state index contributed by atoms with van der Waals surface area (Å²) >= 11 is 7.32. The number of fused-ring (bicyclic) bond motifs is 1. The molecule has 1 unspecified atom stereocenters. The molecule has 2 aromatic carbocycles. The van der Waals surface area contributed by atoms with Crippen LogP contribution >= 0.6 is 22.9 Å². The molecule has 154 valence electrons. The summed E-state index contributed by atoms with van der Waals surface area (Å²) in [7, 11) is -3.50. The largest absolute Gasteiger partial charge is 0.349 e. The average molecular weight is 451 g/mol. The molecule has 3 rings (SSSR count). The van der Waals surface area contributed by atoms with Gasteiger partial charge in [0.2, 0.25) is 10.0 Å². The van der Waals surface area contributed by atoms with E-state index in [0.29, 0.717) is 15.6 Å². The van der Waals surface area contributed by atoms with Crippen molar-refractivity contribution in [2.75, 3.05) is 10.6 Å². The van der Waals surface area contributed by atoms with Gasteiger partial charge in [-0.3, -0.25) is 9.10 Å². The summed E-state index contributed by atoms with van der Waals surface area (Å²) in [5.74, 6) is -0.108. The van der Waals surface area contributed by atoms with Crippen LogP contribution in [0.1, 0.15) is 35.5 Å². The van der Waals surface area contributed by atoms with Gasteiger partial charge in [0.1, 0.15) is 0 Å². The second kappa shape index (κ2) is 8.73. The highest BCUT2D eigenvalue weighted by Gasteiger charge is 2.19. The maximum absolute atomic E-state index is 12.4. The van der Waals surface area contributed by atoms with Gasteiger partial charge in [0, 0.05) is 15.8 Å². The van der Waals surface area contributed by atoms with Gasteiger partial charge in [0.05, 0.1) is 23.4 Å². The first-order chi connectivity index (χ1) is 13.7. The molecule has 0 aliphatic carbocycles. The van der Waals surface area contributed by atoms with E-state index in [-0.39, 0.29) is 18.5 Å². The molecule has 1 N–H and O–H groups in total. The SMILES string of the molecule is CCC(C)NC(=O)c1cc2cc(N(Cc3ccc(Cl)cc3)S(C)(=O)=O)ccc2s1. The van der Waals surface area contributed by atoms with Crippen LogP contribution in [0.2, 0.25) is 5.02 Å². The van der Waals surface area contributed by atoms with Crippen LogP contribution in [0.5, 0.6) is 0 Å². The van der Waals surface area contributed by atoms with Crippen molar-refractivity contribution in [2.45, 2.75) is 32.9 Å². The second-order valence-corrected chi connectivity index (χ2v) is 10.4. The monoisotopic (exact) mass is 450 g/mol. The lowest BCUT2D eigenvalue weighted by molar-refractivity contribution is 0.0943. The van der Waals surface area contributed by atoms with Crippen molar-refractivity contribution < 1.29 is 13.2 Å². The highest BCUT2D eigenvalue weighted by molar-refractivity contribution is 7.92. The van der Waals surface area contributed by atoms with Gasteiger partial charge >= 0.3 is 0 Å². The number of carbonyl (C=O) groups is 1. The third kappa shape index (κ3) is 5.29. The maximum atomic E-state index is 12.4. The predicted molar refractivity (Wildman–Crippen MR) is 122 cm³/mol. The highest BCUT2D eigenvalue weighted by atomic mass is 35.5. The Kier molecular flexibility index (Phi) is 6.51. The molecule has 3 aromatic rings. The minimum atomic E-state index is -3.50. The number of sulfonamides is 1. The number of thiophene rings is 1. The van der Waals surface area contributed by atoms with Crippen molar-refractivity contribution in [3.05, 3.63) is 64.0 Å². The summed E-state index contributed by atoms with van der Waals surface area (Å²) in [6.45, 7) is 4.18. The Morgan fingerprint density at radius 3 is 2.48 bits per heavy atom. The predicted octanol–water partition coefficient (Wildman–Crippen LogP) is 5.05. The molecule has 29 heavy (non-hydrogen) atoms. The zero-order valence-corrected chi connectivity index (χ0v) is 18.9. The minimum Gasteiger partial charge on any atom is -0.349 e. The normalized spacial score (nSPS) is 12.7. The van der Waals surface area contributed by atoms with Crippen LogP contribution in [0.15, 0.2) is 48.5 Å². The summed E-state index contributed by atoms with van der Waals surface area (Å²) in [5, 5.41) is 4.40. The Morgan fingerprint density at radius 2 is 1.86 bits per heavy atom. The zero-order chi connectivity index (χ0) is 21.2. The third-order valence-electron chi connectivity index (χ3n) is 4.64. The fourth-order valence-electron chi connectivity index (χ4n) is 2.85. The van der Waals surface area contributed by atoms with E-state index in [4.69, 9.17) is 11.6 Å². The van der Waals surface area contributed by atoms with Gasteiger partial charge < -0.3 is 5.32 Å². The van der Waals surface area contributed by atoms with E-state index in [0.717, 1.165) is 22.1 Å². The quantitative estimate of drug-likeness (QED) is 0.547. The Hall–Kier alpha value is -2.09. The van der Waals surface area contributed by atoms with Gasteiger partial charge in [-0.1, -0.05) is 30.7 Å². The molecule has 1 aromatic heterocycles. The summed E-state index contributed by atoms with van der Waals surface area (Å²) in [5.41, 5.74) is 1.39. The molecule has 0 spiro atoms. The number of carbonyl (C=O) groups excluding carboxylic acids is 1. The van der Waals surface area contributed by atoms with Crippen molar-refractivity contribution >= 4 is 54.6 Å². The Labute approximate surface area is 180 Å². The van der Waals surface area contributed by atoms with Crippen LogP contribution in [0.4, 0.5) is 5.69 Å². The van der Waals surface area contributed by atoms with Crippen LogP contribution in [0, 0.1) is 0 Å². The molecule has 1 amide bonds. The lowest BCUT2D eigenvalue weighted by Crippen LogP contribution is -2.31.